The zero-order chi connectivity index (χ0) is 13.4. The molecular formula is C13H21NO3S. The minimum Gasteiger partial charge on any atom is -0.494 e. The SMILES string of the molecule is CC(CN)CS(=O)(=O)CCCOc1ccccc1. The quantitative estimate of drug-likeness (QED) is 0.727. The Hall–Kier alpha value is -1.07. The molecule has 0 saturated carbocycles. The van der Waals surface area contributed by atoms with E-state index in [0.29, 0.717) is 19.6 Å². The molecule has 0 aliphatic heterocycles. The van der Waals surface area contributed by atoms with Crippen LogP contribution in [0.2, 0.25) is 0 Å². The van der Waals surface area contributed by atoms with Gasteiger partial charge in [-0.3, -0.25) is 0 Å². The van der Waals surface area contributed by atoms with Crippen molar-refractivity contribution in [2.24, 2.45) is 11.7 Å². The highest BCUT2D eigenvalue weighted by atomic mass is 32.2. The Morgan fingerprint density at radius 2 is 1.94 bits per heavy atom. The Morgan fingerprint density at radius 1 is 1.28 bits per heavy atom. The summed E-state index contributed by atoms with van der Waals surface area (Å²) >= 11 is 0. The van der Waals surface area contributed by atoms with E-state index in [2.05, 4.69) is 0 Å². The minimum atomic E-state index is -3.01. The van der Waals surface area contributed by atoms with Gasteiger partial charge in [0.25, 0.3) is 0 Å². The molecular weight excluding hydrogens is 250 g/mol. The molecule has 0 aliphatic carbocycles. The molecule has 1 atom stereocenters. The summed E-state index contributed by atoms with van der Waals surface area (Å²) in [5.41, 5.74) is 5.42. The van der Waals surface area contributed by atoms with Crippen LogP contribution in [0.15, 0.2) is 30.3 Å². The first kappa shape index (κ1) is 15.0. The van der Waals surface area contributed by atoms with Crippen molar-refractivity contribution in [2.45, 2.75) is 13.3 Å². The lowest BCUT2D eigenvalue weighted by Crippen LogP contribution is -2.23. The summed E-state index contributed by atoms with van der Waals surface area (Å²) in [6, 6.07) is 9.38. The van der Waals surface area contributed by atoms with Crippen molar-refractivity contribution in [1.82, 2.24) is 0 Å². The Kier molecular flexibility index (Phi) is 6.15. The van der Waals surface area contributed by atoms with Gasteiger partial charge in [0.05, 0.1) is 18.1 Å². The average Bonchev–Trinajstić information content (AvgIpc) is 2.35. The van der Waals surface area contributed by atoms with Crippen molar-refractivity contribution in [3.05, 3.63) is 30.3 Å². The summed E-state index contributed by atoms with van der Waals surface area (Å²) in [6.07, 6.45) is 0.508. The number of para-hydroxylation sites is 1. The first-order chi connectivity index (χ1) is 8.53. The Bertz CT molecular complexity index is 431. The Labute approximate surface area is 109 Å². The number of hydrogen-bond donors (Lipinski definition) is 1. The molecule has 0 bridgehead atoms. The van der Waals surface area contributed by atoms with Crippen molar-refractivity contribution in [1.29, 1.82) is 0 Å². The summed E-state index contributed by atoms with van der Waals surface area (Å²) in [5, 5.41) is 0. The summed E-state index contributed by atoms with van der Waals surface area (Å²) in [6.45, 7) is 2.66. The van der Waals surface area contributed by atoms with Crippen molar-refractivity contribution in [3.8, 4) is 5.75 Å². The number of benzene rings is 1. The third-order valence-corrected chi connectivity index (χ3v) is 4.54. The maximum atomic E-state index is 11.7. The zero-order valence-corrected chi connectivity index (χ0v) is 11.5. The summed E-state index contributed by atoms with van der Waals surface area (Å²) < 4.78 is 28.8. The maximum absolute atomic E-state index is 11.7. The van der Waals surface area contributed by atoms with Gasteiger partial charge in [-0.05, 0) is 31.0 Å². The molecule has 0 spiro atoms. The number of ether oxygens (including phenoxy) is 1. The van der Waals surface area contributed by atoms with Crippen LogP contribution in [0.25, 0.3) is 0 Å². The third kappa shape index (κ3) is 6.02. The molecule has 0 aromatic heterocycles. The van der Waals surface area contributed by atoms with E-state index in [1.807, 2.05) is 37.3 Å². The standard InChI is InChI=1S/C13H21NO3S/c1-12(10-14)11-18(15,16)9-5-8-17-13-6-3-2-4-7-13/h2-4,6-7,12H,5,8-11,14H2,1H3. The zero-order valence-electron chi connectivity index (χ0n) is 10.7. The fourth-order valence-electron chi connectivity index (χ4n) is 1.57. The van der Waals surface area contributed by atoms with Gasteiger partial charge in [0.2, 0.25) is 0 Å². The molecule has 1 aromatic carbocycles. The predicted molar refractivity (Wildman–Crippen MR) is 73.4 cm³/mol. The first-order valence-electron chi connectivity index (χ1n) is 6.12. The fraction of sp³-hybridized carbons (Fsp3) is 0.538. The van der Waals surface area contributed by atoms with Crippen molar-refractivity contribution < 1.29 is 13.2 Å². The summed E-state index contributed by atoms with van der Waals surface area (Å²) in [4.78, 5) is 0. The van der Waals surface area contributed by atoms with E-state index in [1.54, 1.807) is 0 Å². The number of nitrogens with two attached hydrogens (primary N) is 1. The van der Waals surface area contributed by atoms with Gasteiger partial charge >= 0.3 is 0 Å². The molecule has 0 aliphatic rings. The molecule has 5 heteroatoms. The second-order valence-electron chi connectivity index (χ2n) is 4.47. The van der Waals surface area contributed by atoms with Crippen LogP contribution in [0.4, 0.5) is 0 Å². The Morgan fingerprint density at radius 3 is 2.56 bits per heavy atom. The Balaban J connectivity index is 2.25. The predicted octanol–water partition coefficient (Wildman–Crippen LogP) is 1.47. The highest BCUT2D eigenvalue weighted by molar-refractivity contribution is 7.91. The molecule has 1 unspecified atom stereocenters. The molecule has 0 fully saturated rings. The van der Waals surface area contributed by atoms with Crippen molar-refractivity contribution in [3.63, 3.8) is 0 Å². The largest absolute Gasteiger partial charge is 0.494 e. The van der Waals surface area contributed by atoms with Crippen LogP contribution in [0.3, 0.4) is 0 Å². The smallest absolute Gasteiger partial charge is 0.150 e. The molecule has 0 radical (unpaired) electrons. The molecule has 1 aromatic rings. The maximum Gasteiger partial charge on any atom is 0.150 e. The van der Waals surface area contributed by atoms with E-state index in [0.717, 1.165) is 5.75 Å². The molecule has 102 valence electrons. The number of rotatable bonds is 8. The molecule has 1 rings (SSSR count). The van der Waals surface area contributed by atoms with E-state index >= 15 is 0 Å². The fourth-order valence-corrected chi connectivity index (χ4v) is 3.30. The molecule has 0 heterocycles. The number of hydrogen-bond acceptors (Lipinski definition) is 4. The van der Waals surface area contributed by atoms with Crippen LogP contribution >= 0.6 is 0 Å². The van der Waals surface area contributed by atoms with E-state index in [1.165, 1.54) is 0 Å². The van der Waals surface area contributed by atoms with E-state index < -0.39 is 9.84 Å². The van der Waals surface area contributed by atoms with Crippen molar-refractivity contribution >= 4 is 9.84 Å². The van der Waals surface area contributed by atoms with Gasteiger partial charge in [0.1, 0.15) is 5.75 Å². The lowest BCUT2D eigenvalue weighted by Gasteiger charge is -2.10. The van der Waals surface area contributed by atoms with Gasteiger partial charge in [0, 0.05) is 0 Å². The van der Waals surface area contributed by atoms with Crippen LogP contribution < -0.4 is 10.5 Å². The second-order valence-corrected chi connectivity index (χ2v) is 6.70. The number of sulfone groups is 1. The van der Waals surface area contributed by atoms with Gasteiger partial charge in [0.15, 0.2) is 9.84 Å². The summed E-state index contributed by atoms with van der Waals surface area (Å²) in [7, 11) is -3.01. The van der Waals surface area contributed by atoms with Crippen LogP contribution in [-0.2, 0) is 9.84 Å². The highest BCUT2D eigenvalue weighted by Crippen LogP contribution is 2.09. The molecule has 0 amide bonds. The summed E-state index contributed by atoms with van der Waals surface area (Å²) in [5.74, 6) is 1.11. The van der Waals surface area contributed by atoms with Gasteiger partial charge in [-0.15, -0.1) is 0 Å². The topological polar surface area (TPSA) is 69.4 Å². The lowest BCUT2D eigenvalue weighted by molar-refractivity contribution is 0.317. The van der Waals surface area contributed by atoms with Crippen LogP contribution in [-0.4, -0.2) is 33.1 Å². The van der Waals surface area contributed by atoms with E-state index in [4.69, 9.17) is 10.5 Å². The second kappa shape index (κ2) is 7.38. The first-order valence-corrected chi connectivity index (χ1v) is 7.94. The lowest BCUT2D eigenvalue weighted by atomic mass is 10.2. The minimum absolute atomic E-state index is 0.0186. The van der Waals surface area contributed by atoms with Crippen LogP contribution in [0, 0.1) is 5.92 Å². The highest BCUT2D eigenvalue weighted by Gasteiger charge is 2.14. The monoisotopic (exact) mass is 271 g/mol. The van der Waals surface area contributed by atoms with Crippen LogP contribution in [0.1, 0.15) is 13.3 Å². The van der Waals surface area contributed by atoms with Gasteiger partial charge < -0.3 is 10.5 Å². The van der Waals surface area contributed by atoms with Gasteiger partial charge in [-0.1, -0.05) is 25.1 Å². The molecule has 0 saturated heterocycles. The van der Waals surface area contributed by atoms with Crippen LogP contribution in [0.5, 0.6) is 5.75 Å². The molecule has 4 nitrogen and oxygen atoms in total. The van der Waals surface area contributed by atoms with E-state index in [9.17, 15) is 8.42 Å². The molecule has 18 heavy (non-hydrogen) atoms. The van der Waals surface area contributed by atoms with E-state index in [-0.39, 0.29) is 17.4 Å². The normalized spacial score (nSPS) is 13.2. The van der Waals surface area contributed by atoms with Crippen molar-refractivity contribution in [2.75, 3.05) is 24.7 Å². The molecule has 2 N–H and O–H groups in total. The average molecular weight is 271 g/mol. The van der Waals surface area contributed by atoms with Gasteiger partial charge in [-0.2, -0.15) is 0 Å². The van der Waals surface area contributed by atoms with Gasteiger partial charge in [-0.25, -0.2) is 8.42 Å². The third-order valence-electron chi connectivity index (χ3n) is 2.55.